The molecule has 0 fully saturated rings. The fraction of sp³-hybridized carbons (Fsp3) is 0.462. The van der Waals surface area contributed by atoms with E-state index in [1.807, 2.05) is 0 Å². The minimum atomic E-state index is -0.556. The highest BCUT2D eigenvalue weighted by Gasteiger charge is 2.13. The predicted molar refractivity (Wildman–Crippen MR) is 62.2 cm³/mol. The van der Waals surface area contributed by atoms with Crippen molar-refractivity contribution >= 4 is 0 Å². The van der Waals surface area contributed by atoms with Gasteiger partial charge in [0.05, 0.1) is 6.07 Å². The van der Waals surface area contributed by atoms with Crippen LogP contribution in [-0.4, -0.2) is 6.54 Å². The second-order valence-corrected chi connectivity index (χ2v) is 4.22. The molecule has 1 rings (SSSR count). The molecular weight excluding hydrogens is 203 g/mol. The van der Waals surface area contributed by atoms with Gasteiger partial charge in [0.1, 0.15) is 11.9 Å². The fourth-order valence-corrected chi connectivity index (χ4v) is 1.45. The third kappa shape index (κ3) is 3.63. The first-order chi connectivity index (χ1) is 7.65. The maximum atomic E-state index is 13.4. The van der Waals surface area contributed by atoms with Gasteiger partial charge in [-0.15, -0.1) is 0 Å². The summed E-state index contributed by atoms with van der Waals surface area (Å²) in [5.74, 6) is 0.249. The van der Waals surface area contributed by atoms with Gasteiger partial charge in [0.15, 0.2) is 0 Å². The standard InChI is InChI=1S/C13H17FN2/c1-10(2)7-8-16-13(9-15)11-5-3-4-6-12(11)14/h3-6,10,13,16H,7-8H2,1-2H3. The van der Waals surface area contributed by atoms with Crippen molar-refractivity contribution in [1.82, 2.24) is 5.32 Å². The number of hydrogen-bond acceptors (Lipinski definition) is 2. The summed E-state index contributed by atoms with van der Waals surface area (Å²) in [6.07, 6.45) is 0.979. The summed E-state index contributed by atoms with van der Waals surface area (Å²) in [6, 6.07) is 7.92. The second kappa shape index (κ2) is 6.24. The zero-order valence-corrected chi connectivity index (χ0v) is 9.70. The molecule has 2 nitrogen and oxygen atoms in total. The summed E-state index contributed by atoms with van der Waals surface area (Å²) in [6.45, 7) is 4.96. The van der Waals surface area contributed by atoms with Crippen LogP contribution in [0.25, 0.3) is 0 Å². The minimum absolute atomic E-state index is 0.328. The van der Waals surface area contributed by atoms with Gasteiger partial charge >= 0.3 is 0 Å². The lowest BCUT2D eigenvalue weighted by Gasteiger charge is -2.13. The highest BCUT2D eigenvalue weighted by Crippen LogP contribution is 2.16. The summed E-state index contributed by atoms with van der Waals surface area (Å²) in [7, 11) is 0. The number of nitrogens with zero attached hydrogens (tertiary/aromatic N) is 1. The summed E-state index contributed by atoms with van der Waals surface area (Å²) >= 11 is 0. The number of hydrogen-bond donors (Lipinski definition) is 1. The molecule has 0 aliphatic carbocycles. The Morgan fingerprint density at radius 1 is 1.38 bits per heavy atom. The number of rotatable bonds is 5. The molecule has 1 aromatic carbocycles. The molecule has 0 aromatic heterocycles. The van der Waals surface area contributed by atoms with Crippen molar-refractivity contribution in [3.63, 3.8) is 0 Å². The van der Waals surface area contributed by atoms with E-state index in [1.165, 1.54) is 6.07 Å². The van der Waals surface area contributed by atoms with Crippen molar-refractivity contribution in [2.45, 2.75) is 26.3 Å². The van der Waals surface area contributed by atoms with Crippen molar-refractivity contribution in [3.8, 4) is 6.07 Å². The molecule has 1 unspecified atom stereocenters. The van der Waals surface area contributed by atoms with Gasteiger partial charge < -0.3 is 0 Å². The smallest absolute Gasteiger partial charge is 0.129 e. The fourth-order valence-electron chi connectivity index (χ4n) is 1.45. The highest BCUT2D eigenvalue weighted by atomic mass is 19.1. The maximum absolute atomic E-state index is 13.4. The second-order valence-electron chi connectivity index (χ2n) is 4.22. The molecule has 1 atom stereocenters. The third-order valence-electron chi connectivity index (χ3n) is 2.42. The molecule has 3 heteroatoms. The molecule has 0 bridgehead atoms. The first-order valence-corrected chi connectivity index (χ1v) is 5.52. The molecule has 1 N–H and O–H groups in total. The van der Waals surface area contributed by atoms with Crippen LogP contribution >= 0.6 is 0 Å². The number of nitriles is 1. The lowest BCUT2D eigenvalue weighted by atomic mass is 10.1. The van der Waals surface area contributed by atoms with Crippen LogP contribution in [0, 0.1) is 23.1 Å². The number of benzene rings is 1. The summed E-state index contributed by atoms with van der Waals surface area (Å²) in [5.41, 5.74) is 0.425. The van der Waals surface area contributed by atoms with Crippen LogP contribution in [0.2, 0.25) is 0 Å². The molecule has 16 heavy (non-hydrogen) atoms. The number of nitrogens with one attached hydrogen (secondary N) is 1. The van der Waals surface area contributed by atoms with Crippen molar-refractivity contribution in [3.05, 3.63) is 35.6 Å². The van der Waals surface area contributed by atoms with Crippen molar-refractivity contribution in [1.29, 1.82) is 5.26 Å². The van der Waals surface area contributed by atoms with Gasteiger partial charge in [0.2, 0.25) is 0 Å². The van der Waals surface area contributed by atoms with Gasteiger partial charge in [-0.1, -0.05) is 32.0 Å². The number of halogens is 1. The molecule has 0 saturated carbocycles. The average molecular weight is 220 g/mol. The quantitative estimate of drug-likeness (QED) is 0.828. The van der Waals surface area contributed by atoms with E-state index in [9.17, 15) is 4.39 Å². The van der Waals surface area contributed by atoms with Gasteiger partial charge in [-0.05, 0) is 24.9 Å². The molecule has 0 aliphatic heterocycles. The molecule has 0 spiro atoms. The zero-order valence-electron chi connectivity index (χ0n) is 9.70. The Kier molecular flexibility index (Phi) is 4.94. The normalized spacial score (nSPS) is 12.4. The summed E-state index contributed by atoms with van der Waals surface area (Å²) in [5, 5.41) is 12.0. The zero-order chi connectivity index (χ0) is 12.0. The van der Waals surface area contributed by atoms with Crippen LogP contribution in [0.5, 0.6) is 0 Å². The van der Waals surface area contributed by atoms with Gasteiger partial charge in [0.25, 0.3) is 0 Å². The highest BCUT2D eigenvalue weighted by molar-refractivity contribution is 5.25. The van der Waals surface area contributed by atoms with Crippen LogP contribution in [0.15, 0.2) is 24.3 Å². The first-order valence-electron chi connectivity index (χ1n) is 5.52. The molecule has 0 radical (unpaired) electrons. The molecule has 0 saturated heterocycles. The van der Waals surface area contributed by atoms with Crippen molar-refractivity contribution < 1.29 is 4.39 Å². The first kappa shape index (κ1) is 12.7. The largest absolute Gasteiger partial charge is 0.298 e. The van der Waals surface area contributed by atoms with Gasteiger partial charge in [-0.25, -0.2) is 4.39 Å². The van der Waals surface area contributed by atoms with Crippen LogP contribution in [0.4, 0.5) is 4.39 Å². The van der Waals surface area contributed by atoms with Gasteiger partial charge in [-0.2, -0.15) is 5.26 Å². The Morgan fingerprint density at radius 2 is 2.06 bits per heavy atom. The molecule has 1 aromatic rings. The topological polar surface area (TPSA) is 35.8 Å². The minimum Gasteiger partial charge on any atom is -0.298 e. The molecule has 86 valence electrons. The van der Waals surface area contributed by atoms with E-state index in [2.05, 4.69) is 25.2 Å². The average Bonchev–Trinajstić information content (AvgIpc) is 2.25. The van der Waals surface area contributed by atoms with Gasteiger partial charge in [-0.3, -0.25) is 5.32 Å². The third-order valence-corrected chi connectivity index (χ3v) is 2.42. The van der Waals surface area contributed by atoms with Crippen LogP contribution in [-0.2, 0) is 0 Å². The molecule has 0 aliphatic rings. The van der Waals surface area contributed by atoms with E-state index in [-0.39, 0.29) is 5.82 Å². The Balaban J connectivity index is 2.62. The lowest BCUT2D eigenvalue weighted by Crippen LogP contribution is -2.23. The predicted octanol–water partition coefficient (Wildman–Crippen LogP) is 3.03. The van der Waals surface area contributed by atoms with Gasteiger partial charge in [0, 0.05) is 5.56 Å². The lowest BCUT2D eigenvalue weighted by molar-refractivity contribution is 0.506. The van der Waals surface area contributed by atoms with E-state index >= 15 is 0 Å². The molecule has 0 amide bonds. The SMILES string of the molecule is CC(C)CCNC(C#N)c1ccccc1F. The van der Waals surface area contributed by atoms with Crippen LogP contribution in [0.1, 0.15) is 31.9 Å². The van der Waals surface area contributed by atoms with Crippen LogP contribution < -0.4 is 5.32 Å². The van der Waals surface area contributed by atoms with E-state index in [0.29, 0.717) is 11.5 Å². The van der Waals surface area contributed by atoms with Crippen molar-refractivity contribution in [2.75, 3.05) is 6.54 Å². The Hall–Kier alpha value is -1.40. The Labute approximate surface area is 96.1 Å². The molecule has 0 heterocycles. The van der Waals surface area contributed by atoms with E-state index in [0.717, 1.165) is 13.0 Å². The Morgan fingerprint density at radius 3 is 2.62 bits per heavy atom. The summed E-state index contributed by atoms with van der Waals surface area (Å²) < 4.78 is 13.4. The Bertz CT molecular complexity index is 368. The molecular formula is C13H17FN2. The maximum Gasteiger partial charge on any atom is 0.129 e. The van der Waals surface area contributed by atoms with Crippen molar-refractivity contribution in [2.24, 2.45) is 5.92 Å². The summed E-state index contributed by atoms with van der Waals surface area (Å²) in [4.78, 5) is 0. The van der Waals surface area contributed by atoms with E-state index < -0.39 is 6.04 Å². The van der Waals surface area contributed by atoms with E-state index in [4.69, 9.17) is 5.26 Å². The monoisotopic (exact) mass is 220 g/mol. The van der Waals surface area contributed by atoms with Crippen LogP contribution in [0.3, 0.4) is 0 Å². The van der Waals surface area contributed by atoms with E-state index in [1.54, 1.807) is 18.2 Å².